The molecule has 0 aliphatic heterocycles. The van der Waals surface area contributed by atoms with Gasteiger partial charge in [0.15, 0.2) is 0 Å². The lowest BCUT2D eigenvalue weighted by atomic mass is 9.86. The van der Waals surface area contributed by atoms with Crippen LogP contribution in [0.2, 0.25) is 0 Å². The molecule has 124 valence electrons. The lowest BCUT2D eigenvalue weighted by Crippen LogP contribution is -2.24. The van der Waals surface area contributed by atoms with Crippen molar-refractivity contribution in [2.45, 2.75) is 103 Å². The highest BCUT2D eigenvalue weighted by molar-refractivity contribution is 5.73. The Morgan fingerprint density at radius 2 is 1.29 bits per heavy atom. The molecule has 0 aromatic carbocycles. The highest BCUT2D eigenvalue weighted by atomic mass is 16.5. The van der Waals surface area contributed by atoms with Crippen LogP contribution in [0.25, 0.3) is 0 Å². The van der Waals surface area contributed by atoms with Crippen molar-refractivity contribution in [2.75, 3.05) is 6.61 Å². The Kier molecular flexibility index (Phi) is 11.6. The van der Waals surface area contributed by atoms with E-state index in [1.165, 1.54) is 77.0 Å². The molecule has 21 heavy (non-hydrogen) atoms. The molecule has 0 saturated heterocycles. The standard InChI is InChI=1S/C19H36O2/c1-2-3-4-5-6-7-8-9-10-11-12-13-17-21-19(20)18-15-14-16-18/h18H,2-17H2,1H3. The van der Waals surface area contributed by atoms with Gasteiger partial charge in [-0.05, 0) is 19.3 Å². The fourth-order valence-electron chi connectivity index (χ4n) is 2.88. The zero-order valence-corrected chi connectivity index (χ0v) is 14.2. The van der Waals surface area contributed by atoms with E-state index >= 15 is 0 Å². The van der Waals surface area contributed by atoms with Gasteiger partial charge in [0.2, 0.25) is 0 Å². The number of esters is 1. The first kappa shape index (κ1) is 18.5. The maximum absolute atomic E-state index is 11.5. The molecule has 0 radical (unpaired) electrons. The van der Waals surface area contributed by atoms with Gasteiger partial charge in [0.25, 0.3) is 0 Å². The molecule has 2 nitrogen and oxygen atoms in total. The smallest absolute Gasteiger partial charge is 0.308 e. The summed E-state index contributed by atoms with van der Waals surface area (Å²) in [5.41, 5.74) is 0. The molecule has 1 fully saturated rings. The van der Waals surface area contributed by atoms with E-state index in [1.807, 2.05) is 0 Å². The Bertz CT molecular complexity index is 246. The minimum Gasteiger partial charge on any atom is -0.465 e. The van der Waals surface area contributed by atoms with E-state index < -0.39 is 0 Å². The summed E-state index contributed by atoms with van der Waals surface area (Å²) in [4.78, 5) is 11.5. The van der Waals surface area contributed by atoms with Gasteiger partial charge < -0.3 is 4.74 Å². The van der Waals surface area contributed by atoms with E-state index in [1.54, 1.807) is 0 Å². The third kappa shape index (κ3) is 9.92. The van der Waals surface area contributed by atoms with Crippen LogP contribution in [0, 0.1) is 5.92 Å². The maximum Gasteiger partial charge on any atom is 0.308 e. The van der Waals surface area contributed by atoms with E-state index in [0.717, 1.165) is 19.3 Å². The van der Waals surface area contributed by atoms with Crippen LogP contribution in [-0.2, 0) is 9.53 Å². The molecule has 0 spiro atoms. The zero-order valence-electron chi connectivity index (χ0n) is 14.2. The van der Waals surface area contributed by atoms with Gasteiger partial charge >= 0.3 is 5.97 Å². The molecule has 0 aromatic heterocycles. The predicted molar refractivity (Wildman–Crippen MR) is 89.4 cm³/mol. The molecule has 0 atom stereocenters. The average Bonchev–Trinajstić information content (AvgIpc) is 2.42. The molecular formula is C19H36O2. The molecular weight excluding hydrogens is 260 g/mol. The number of carbonyl (C=O) groups excluding carboxylic acids is 1. The molecule has 2 heteroatoms. The van der Waals surface area contributed by atoms with Gasteiger partial charge in [-0.25, -0.2) is 0 Å². The van der Waals surface area contributed by atoms with Crippen molar-refractivity contribution in [1.29, 1.82) is 0 Å². The van der Waals surface area contributed by atoms with Gasteiger partial charge in [-0.3, -0.25) is 4.79 Å². The topological polar surface area (TPSA) is 26.3 Å². The van der Waals surface area contributed by atoms with E-state index in [2.05, 4.69) is 6.92 Å². The lowest BCUT2D eigenvalue weighted by Gasteiger charge is -2.22. The molecule has 0 N–H and O–H groups in total. The third-order valence-corrected chi connectivity index (χ3v) is 4.68. The predicted octanol–water partition coefficient (Wildman–Crippen LogP) is 6.03. The molecule has 1 rings (SSSR count). The van der Waals surface area contributed by atoms with Gasteiger partial charge in [-0.1, -0.05) is 84.0 Å². The monoisotopic (exact) mass is 296 g/mol. The van der Waals surface area contributed by atoms with Gasteiger partial charge in [-0.15, -0.1) is 0 Å². The van der Waals surface area contributed by atoms with Crippen molar-refractivity contribution >= 4 is 5.97 Å². The van der Waals surface area contributed by atoms with Gasteiger partial charge in [0.1, 0.15) is 0 Å². The normalized spacial score (nSPS) is 14.9. The maximum atomic E-state index is 11.5. The van der Waals surface area contributed by atoms with E-state index in [9.17, 15) is 4.79 Å². The summed E-state index contributed by atoms with van der Waals surface area (Å²) >= 11 is 0. The quantitative estimate of drug-likeness (QED) is 0.289. The van der Waals surface area contributed by atoms with Crippen molar-refractivity contribution in [3.63, 3.8) is 0 Å². The molecule has 0 amide bonds. The SMILES string of the molecule is CCCCCCCCCCCCCCOC(=O)C1CCC1. The highest BCUT2D eigenvalue weighted by Gasteiger charge is 2.26. The van der Waals surface area contributed by atoms with Crippen molar-refractivity contribution < 1.29 is 9.53 Å². The number of hydrogen-bond acceptors (Lipinski definition) is 2. The van der Waals surface area contributed by atoms with E-state index in [4.69, 9.17) is 4.74 Å². The Morgan fingerprint density at radius 3 is 1.71 bits per heavy atom. The van der Waals surface area contributed by atoms with Crippen molar-refractivity contribution in [1.82, 2.24) is 0 Å². The summed E-state index contributed by atoms with van der Waals surface area (Å²) in [6, 6.07) is 0. The Balaban J connectivity index is 1.69. The minimum absolute atomic E-state index is 0.0596. The molecule has 1 saturated carbocycles. The van der Waals surface area contributed by atoms with Crippen LogP contribution in [-0.4, -0.2) is 12.6 Å². The fourth-order valence-corrected chi connectivity index (χ4v) is 2.88. The van der Waals surface area contributed by atoms with Gasteiger partial charge in [-0.2, -0.15) is 0 Å². The molecule has 0 bridgehead atoms. The minimum atomic E-state index is 0.0596. The van der Waals surface area contributed by atoms with Crippen LogP contribution in [0.3, 0.4) is 0 Å². The summed E-state index contributed by atoms with van der Waals surface area (Å²) in [6.45, 7) is 2.92. The van der Waals surface area contributed by atoms with Crippen molar-refractivity contribution in [3.8, 4) is 0 Å². The molecule has 1 aliphatic rings. The van der Waals surface area contributed by atoms with Crippen molar-refractivity contribution in [3.05, 3.63) is 0 Å². The fraction of sp³-hybridized carbons (Fsp3) is 0.947. The summed E-state index contributed by atoms with van der Waals surface area (Å²) in [7, 11) is 0. The first-order valence-electron chi connectivity index (χ1n) is 9.51. The van der Waals surface area contributed by atoms with Gasteiger partial charge in [0.05, 0.1) is 12.5 Å². The summed E-state index contributed by atoms with van der Waals surface area (Å²) < 4.78 is 5.30. The van der Waals surface area contributed by atoms with Gasteiger partial charge in [0, 0.05) is 0 Å². The van der Waals surface area contributed by atoms with Crippen LogP contribution in [0.4, 0.5) is 0 Å². The summed E-state index contributed by atoms with van der Waals surface area (Å²) in [5.74, 6) is 0.298. The van der Waals surface area contributed by atoms with Crippen LogP contribution in [0.5, 0.6) is 0 Å². The number of unbranched alkanes of at least 4 members (excludes halogenated alkanes) is 11. The summed E-state index contributed by atoms with van der Waals surface area (Å²) in [6.07, 6.45) is 19.5. The molecule has 0 heterocycles. The van der Waals surface area contributed by atoms with Crippen LogP contribution in [0.1, 0.15) is 103 Å². The first-order valence-corrected chi connectivity index (χ1v) is 9.51. The second-order valence-electron chi connectivity index (χ2n) is 6.68. The number of carbonyl (C=O) groups is 1. The van der Waals surface area contributed by atoms with Crippen LogP contribution >= 0.6 is 0 Å². The number of ether oxygens (including phenoxy) is 1. The van der Waals surface area contributed by atoms with E-state index in [0.29, 0.717) is 6.61 Å². The van der Waals surface area contributed by atoms with E-state index in [-0.39, 0.29) is 11.9 Å². The molecule has 0 unspecified atom stereocenters. The largest absolute Gasteiger partial charge is 0.465 e. The Hall–Kier alpha value is -0.530. The highest BCUT2D eigenvalue weighted by Crippen LogP contribution is 2.27. The second-order valence-corrected chi connectivity index (χ2v) is 6.68. The second kappa shape index (κ2) is 13.2. The molecule has 1 aliphatic carbocycles. The Labute approximate surface area is 132 Å². The lowest BCUT2D eigenvalue weighted by molar-refractivity contribution is -0.151. The number of hydrogen-bond donors (Lipinski definition) is 0. The molecule has 0 aromatic rings. The zero-order chi connectivity index (χ0) is 15.2. The third-order valence-electron chi connectivity index (χ3n) is 4.68. The number of rotatable bonds is 14. The Morgan fingerprint density at radius 1 is 0.810 bits per heavy atom. The van der Waals surface area contributed by atoms with Crippen molar-refractivity contribution in [2.24, 2.45) is 5.92 Å². The summed E-state index contributed by atoms with van der Waals surface area (Å²) in [5, 5.41) is 0. The van der Waals surface area contributed by atoms with Crippen LogP contribution < -0.4 is 0 Å². The average molecular weight is 296 g/mol. The first-order chi connectivity index (χ1) is 10.3. The van der Waals surface area contributed by atoms with Crippen LogP contribution in [0.15, 0.2) is 0 Å².